The summed E-state index contributed by atoms with van der Waals surface area (Å²) in [7, 11) is 1.76. The highest BCUT2D eigenvalue weighted by molar-refractivity contribution is 7.99. The minimum absolute atomic E-state index is 0.0176. The smallest absolute Gasteiger partial charge is 0.233 e. The van der Waals surface area contributed by atoms with E-state index in [1.165, 1.54) is 23.9 Å². The van der Waals surface area contributed by atoms with Crippen LogP contribution in [0, 0.1) is 5.82 Å². The minimum atomic E-state index is -0.272. The van der Waals surface area contributed by atoms with Crippen LogP contribution in [0.25, 0.3) is 11.0 Å². The van der Waals surface area contributed by atoms with E-state index >= 15 is 0 Å². The molecule has 0 atom stereocenters. The van der Waals surface area contributed by atoms with Gasteiger partial charge in [0.15, 0.2) is 5.16 Å². The summed E-state index contributed by atoms with van der Waals surface area (Å²) in [5.74, 6) is 0.0666. The van der Waals surface area contributed by atoms with Gasteiger partial charge in [0.25, 0.3) is 0 Å². The Morgan fingerprint density at radius 2 is 1.92 bits per heavy atom. The maximum atomic E-state index is 13.0. The van der Waals surface area contributed by atoms with E-state index in [1.807, 2.05) is 24.3 Å². The fourth-order valence-electron chi connectivity index (χ4n) is 2.66. The van der Waals surface area contributed by atoms with Crippen molar-refractivity contribution in [2.75, 3.05) is 12.8 Å². The van der Waals surface area contributed by atoms with Gasteiger partial charge in [-0.3, -0.25) is 4.79 Å². The van der Waals surface area contributed by atoms with Gasteiger partial charge >= 0.3 is 0 Å². The molecule has 0 unspecified atom stereocenters. The zero-order chi connectivity index (χ0) is 17.8. The van der Waals surface area contributed by atoms with Gasteiger partial charge in [0.05, 0.1) is 16.8 Å². The van der Waals surface area contributed by atoms with E-state index < -0.39 is 0 Å². The lowest BCUT2D eigenvalue weighted by atomic mass is 10.2. The number of hydrogen-bond donors (Lipinski definition) is 0. The van der Waals surface area contributed by atoms with E-state index in [0.29, 0.717) is 12.3 Å². The molecule has 4 nitrogen and oxygen atoms in total. The Labute approximate surface area is 150 Å². The summed E-state index contributed by atoms with van der Waals surface area (Å²) in [5.41, 5.74) is 2.93. The van der Waals surface area contributed by atoms with Crippen LogP contribution < -0.4 is 0 Å². The maximum absolute atomic E-state index is 13.0. The largest absolute Gasteiger partial charge is 0.341 e. The van der Waals surface area contributed by atoms with Crippen molar-refractivity contribution in [3.8, 4) is 0 Å². The van der Waals surface area contributed by atoms with Gasteiger partial charge in [-0.2, -0.15) is 0 Å². The molecule has 2 aromatic carbocycles. The molecule has 0 radical (unpaired) electrons. The molecule has 0 aliphatic rings. The molecule has 3 aromatic rings. The Hall–Kier alpha value is -2.34. The number of aromatic nitrogens is 2. The average molecular weight is 357 g/mol. The van der Waals surface area contributed by atoms with Crippen molar-refractivity contribution in [1.82, 2.24) is 14.5 Å². The fourth-order valence-corrected chi connectivity index (χ4v) is 3.68. The van der Waals surface area contributed by atoms with E-state index in [-0.39, 0.29) is 11.7 Å². The van der Waals surface area contributed by atoms with Crippen LogP contribution >= 0.6 is 11.8 Å². The number of carbonyl (C=O) groups is 1. The summed E-state index contributed by atoms with van der Waals surface area (Å²) in [6, 6.07) is 14.2. The summed E-state index contributed by atoms with van der Waals surface area (Å²) in [6.45, 7) is 3.34. The van der Waals surface area contributed by atoms with E-state index in [1.54, 1.807) is 24.1 Å². The number of rotatable bonds is 6. The highest BCUT2D eigenvalue weighted by Crippen LogP contribution is 2.24. The van der Waals surface area contributed by atoms with Gasteiger partial charge in [0.1, 0.15) is 5.82 Å². The minimum Gasteiger partial charge on any atom is -0.341 e. The molecule has 25 heavy (non-hydrogen) atoms. The van der Waals surface area contributed by atoms with Crippen molar-refractivity contribution in [3.63, 3.8) is 0 Å². The first kappa shape index (κ1) is 17.5. The highest BCUT2D eigenvalue weighted by atomic mass is 32.2. The van der Waals surface area contributed by atoms with Crippen LogP contribution in [0.4, 0.5) is 4.39 Å². The van der Waals surface area contributed by atoms with Crippen LogP contribution in [0.1, 0.15) is 12.5 Å². The summed E-state index contributed by atoms with van der Waals surface area (Å²) < 4.78 is 15.1. The van der Waals surface area contributed by atoms with Gasteiger partial charge in [0.2, 0.25) is 5.91 Å². The number of para-hydroxylation sites is 2. The molecule has 3 rings (SSSR count). The number of nitrogens with zero attached hydrogens (tertiary/aromatic N) is 3. The Morgan fingerprint density at radius 3 is 2.64 bits per heavy atom. The number of thioether (sulfide) groups is 1. The first-order valence-electron chi connectivity index (χ1n) is 8.15. The number of benzene rings is 2. The zero-order valence-electron chi connectivity index (χ0n) is 14.3. The molecule has 0 saturated carbocycles. The Morgan fingerprint density at radius 1 is 1.20 bits per heavy atom. The third-order valence-electron chi connectivity index (χ3n) is 4.02. The summed E-state index contributed by atoms with van der Waals surface area (Å²) >= 11 is 1.45. The lowest BCUT2D eigenvalue weighted by Gasteiger charge is -2.17. The molecule has 0 aliphatic heterocycles. The summed E-state index contributed by atoms with van der Waals surface area (Å²) in [4.78, 5) is 18.7. The van der Waals surface area contributed by atoms with Gasteiger partial charge in [-0.1, -0.05) is 36.0 Å². The Bertz CT molecular complexity index is 876. The first-order valence-corrected chi connectivity index (χ1v) is 9.13. The van der Waals surface area contributed by atoms with Gasteiger partial charge in [-0.25, -0.2) is 9.37 Å². The van der Waals surface area contributed by atoms with Crippen LogP contribution in [0.15, 0.2) is 53.7 Å². The molecule has 1 aromatic heterocycles. The van der Waals surface area contributed by atoms with Gasteiger partial charge < -0.3 is 9.47 Å². The van der Waals surface area contributed by atoms with Crippen molar-refractivity contribution in [2.45, 2.75) is 25.2 Å². The zero-order valence-corrected chi connectivity index (χ0v) is 15.1. The molecule has 0 N–H and O–H groups in total. The predicted octanol–water partition coefficient (Wildman–Crippen LogP) is 3.95. The van der Waals surface area contributed by atoms with Crippen LogP contribution in [-0.2, 0) is 17.9 Å². The van der Waals surface area contributed by atoms with Crippen LogP contribution in [-0.4, -0.2) is 33.2 Å². The average Bonchev–Trinajstić information content (AvgIpc) is 2.99. The normalized spacial score (nSPS) is 11.0. The van der Waals surface area contributed by atoms with Crippen molar-refractivity contribution < 1.29 is 9.18 Å². The lowest BCUT2D eigenvalue weighted by Crippen LogP contribution is -2.27. The van der Waals surface area contributed by atoms with Crippen LogP contribution in [0.5, 0.6) is 0 Å². The molecule has 6 heteroatoms. The molecule has 0 saturated heterocycles. The lowest BCUT2D eigenvalue weighted by molar-refractivity contribution is -0.127. The first-order chi connectivity index (χ1) is 12.1. The highest BCUT2D eigenvalue weighted by Gasteiger charge is 2.14. The third-order valence-corrected chi connectivity index (χ3v) is 4.98. The number of fused-ring (bicyclic) bond motifs is 1. The van der Waals surface area contributed by atoms with Gasteiger partial charge in [-0.05, 0) is 36.8 Å². The number of halogens is 1. The van der Waals surface area contributed by atoms with Crippen LogP contribution in [0.3, 0.4) is 0 Å². The van der Waals surface area contributed by atoms with Crippen molar-refractivity contribution in [2.24, 2.45) is 0 Å². The molecule has 0 bridgehead atoms. The second kappa shape index (κ2) is 7.70. The molecule has 0 aliphatic carbocycles. The van der Waals surface area contributed by atoms with E-state index in [4.69, 9.17) is 0 Å². The molecule has 0 spiro atoms. The molecule has 130 valence electrons. The van der Waals surface area contributed by atoms with Crippen molar-refractivity contribution in [3.05, 3.63) is 59.9 Å². The van der Waals surface area contributed by atoms with E-state index in [2.05, 4.69) is 16.5 Å². The van der Waals surface area contributed by atoms with E-state index in [9.17, 15) is 9.18 Å². The predicted molar refractivity (Wildman–Crippen MR) is 99.0 cm³/mol. The van der Waals surface area contributed by atoms with E-state index in [0.717, 1.165) is 28.3 Å². The second-order valence-corrected chi connectivity index (χ2v) is 6.73. The monoisotopic (exact) mass is 357 g/mol. The quantitative estimate of drug-likeness (QED) is 0.627. The molecular formula is C19H20FN3OS. The Balaban J connectivity index is 1.64. The fraction of sp³-hybridized carbons (Fsp3) is 0.263. The SMILES string of the molecule is CCn1c(SCC(=O)N(C)Cc2ccc(F)cc2)nc2ccccc21. The maximum Gasteiger partial charge on any atom is 0.233 e. The second-order valence-electron chi connectivity index (χ2n) is 5.79. The molecular weight excluding hydrogens is 337 g/mol. The number of hydrogen-bond acceptors (Lipinski definition) is 3. The van der Waals surface area contributed by atoms with Gasteiger partial charge in [0, 0.05) is 20.1 Å². The van der Waals surface area contributed by atoms with Crippen molar-refractivity contribution in [1.29, 1.82) is 0 Å². The van der Waals surface area contributed by atoms with Gasteiger partial charge in [-0.15, -0.1) is 0 Å². The Kier molecular flexibility index (Phi) is 5.38. The number of imidazole rings is 1. The number of amides is 1. The molecule has 0 fully saturated rings. The molecule has 1 amide bonds. The van der Waals surface area contributed by atoms with Crippen LogP contribution in [0.2, 0.25) is 0 Å². The van der Waals surface area contributed by atoms with Crippen molar-refractivity contribution >= 4 is 28.7 Å². The standard InChI is InChI=1S/C19H20FN3OS/c1-3-23-17-7-5-4-6-16(17)21-19(23)25-13-18(24)22(2)12-14-8-10-15(20)11-9-14/h4-11H,3,12-13H2,1-2H3. The number of carbonyl (C=O) groups excluding carboxylic acids is 1. The summed E-state index contributed by atoms with van der Waals surface area (Å²) in [6.07, 6.45) is 0. The number of aryl methyl sites for hydroxylation is 1. The molecule has 1 heterocycles. The third kappa shape index (κ3) is 4.02. The summed E-state index contributed by atoms with van der Waals surface area (Å²) in [5, 5.41) is 0.854. The topological polar surface area (TPSA) is 38.1 Å².